The van der Waals surface area contributed by atoms with Crippen molar-refractivity contribution >= 4 is 39.8 Å². The van der Waals surface area contributed by atoms with Crippen LogP contribution < -0.4 is 9.64 Å². The molecule has 0 aliphatic carbocycles. The Bertz CT molecular complexity index is 875. The van der Waals surface area contributed by atoms with Crippen molar-refractivity contribution in [2.24, 2.45) is 7.05 Å². The number of carbonyl (C=O) groups excluding carboxylic acids is 1. The number of methoxy groups -OCH3 is 1. The summed E-state index contributed by atoms with van der Waals surface area (Å²) in [6.07, 6.45) is 3.68. The Morgan fingerprint density at radius 2 is 2.20 bits per heavy atom. The number of nitrogens with zero attached hydrogens (tertiary/aromatic N) is 4. The average Bonchev–Trinajstić information content (AvgIpc) is 3.22. The summed E-state index contributed by atoms with van der Waals surface area (Å²) in [6, 6.07) is 7.43. The maximum atomic E-state index is 12.2. The van der Waals surface area contributed by atoms with E-state index in [-0.39, 0.29) is 5.91 Å². The fourth-order valence-electron chi connectivity index (χ4n) is 2.32. The molecule has 8 heteroatoms. The zero-order valence-electron chi connectivity index (χ0n) is 14.2. The second kappa shape index (κ2) is 7.71. The van der Waals surface area contributed by atoms with Crippen molar-refractivity contribution in [1.29, 1.82) is 0 Å². The Morgan fingerprint density at radius 1 is 1.40 bits per heavy atom. The van der Waals surface area contributed by atoms with Crippen LogP contribution >= 0.6 is 23.1 Å². The molecule has 3 rings (SSSR count). The number of rotatable bonds is 6. The summed E-state index contributed by atoms with van der Waals surface area (Å²) >= 11 is 3.05. The molecule has 0 radical (unpaired) electrons. The maximum absolute atomic E-state index is 12.2. The van der Waals surface area contributed by atoms with E-state index in [2.05, 4.69) is 9.97 Å². The van der Waals surface area contributed by atoms with E-state index in [1.165, 1.54) is 18.3 Å². The van der Waals surface area contributed by atoms with E-state index in [4.69, 9.17) is 4.74 Å². The van der Waals surface area contributed by atoms with Crippen molar-refractivity contribution in [1.82, 2.24) is 14.5 Å². The Hall–Kier alpha value is -2.32. The minimum absolute atomic E-state index is 0.109. The lowest BCUT2D eigenvalue weighted by molar-refractivity contribution is -0.115. The lowest BCUT2D eigenvalue weighted by Crippen LogP contribution is -2.23. The van der Waals surface area contributed by atoms with Gasteiger partial charge in [0.05, 0.1) is 18.5 Å². The number of aryl methyl sites for hydroxylation is 1. The molecule has 1 aromatic carbocycles. The maximum Gasteiger partial charge on any atom is 0.230 e. The van der Waals surface area contributed by atoms with Gasteiger partial charge in [0.1, 0.15) is 5.75 Å². The number of amides is 1. The minimum Gasteiger partial charge on any atom is -0.495 e. The molecule has 130 valence electrons. The first-order valence-corrected chi connectivity index (χ1v) is 9.45. The Kier molecular flexibility index (Phi) is 5.40. The number of benzene rings is 1. The van der Waals surface area contributed by atoms with Crippen molar-refractivity contribution < 1.29 is 9.53 Å². The normalized spacial score (nSPS) is 10.7. The van der Waals surface area contributed by atoms with Gasteiger partial charge in [-0.15, -0.1) is 11.3 Å². The smallest absolute Gasteiger partial charge is 0.230 e. The molecule has 0 aliphatic rings. The second-order valence-electron chi connectivity index (χ2n) is 5.26. The number of hydrogen-bond acceptors (Lipinski definition) is 6. The molecule has 2 heterocycles. The van der Waals surface area contributed by atoms with E-state index in [0.29, 0.717) is 22.3 Å². The molecule has 0 unspecified atom stereocenters. The van der Waals surface area contributed by atoms with Gasteiger partial charge in [-0.25, -0.2) is 9.97 Å². The molecule has 6 nitrogen and oxygen atoms in total. The molecule has 0 bridgehead atoms. The van der Waals surface area contributed by atoms with E-state index in [1.54, 1.807) is 30.0 Å². The van der Waals surface area contributed by atoms with Crippen LogP contribution in [0.3, 0.4) is 0 Å². The van der Waals surface area contributed by atoms with Crippen molar-refractivity contribution in [2.75, 3.05) is 12.0 Å². The molecular formula is C17H18N4O2S2. The molecule has 0 saturated carbocycles. The van der Waals surface area contributed by atoms with Crippen LogP contribution in [-0.4, -0.2) is 27.6 Å². The molecule has 0 N–H and O–H groups in total. The van der Waals surface area contributed by atoms with Crippen LogP contribution in [0.25, 0.3) is 0 Å². The van der Waals surface area contributed by atoms with E-state index < -0.39 is 0 Å². The monoisotopic (exact) mass is 374 g/mol. The van der Waals surface area contributed by atoms with Gasteiger partial charge >= 0.3 is 0 Å². The summed E-state index contributed by atoms with van der Waals surface area (Å²) in [5, 5.41) is 3.53. The minimum atomic E-state index is -0.109. The molecule has 1 amide bonds. The van der Waals surface area contributed by atoms with E-state index in [1.807, 2.05) is 47.5 Å². The lowest BCUT2D eigenvalue weighted by Gasteiger charge is -2.20. The fourth-order valence-corrected chi connectivity index (χ4v) is 4.13. The van der Waals surface area contributed by atoms with Crippen LogP contribution in [0.1, 0.15) is 12.6 Å². The number of hydrogen-bond donors (Lipinski definition) is 0. The number of imidazole rings is 1. The topological polar surface area (TPSA) is 60.2 Å². The molecular weight excluding hydrogens is 356 g/mol. The van der Waals surface area contributed by atoms with Gasteiger partial charge in [-0.2, -0.15) is 0 Å². The summed E-state index contributed by atoms with van der Waals surface area (Å²) in [5.41, 5.74) is 1.60. The van der Waals surface area contributed by atoms with E-state index >= 15 is 0 Å². The molecule has 0 aliphatic heterocycles. The number of para-hydroxylation sites is 2. The van der Waals surface area contributed by atoms with Gasteiger partial charge in [-0.3, -0.25) is 9.69 Å². The highest BCUT2D eigenvalue weighted by atomic mass is 32.2. The summed E-state index contributed by atoms with van der Waals surface area (Å²) in [6.45, 7) is 1.52. The first-order valence-electron chi connectivity index (χ1n) is 7.58. The van der Waals surface area contributed by atoms with Gasteiger partial charge in [0.2, 0.25) is 5.91 Å². The summed E-state index contributed by atoms with van der Waals surface area (Å²) < 4.78 is 7.35. The standard InChI is InChI=1S/C17H18N4O2S2/c1-12(22)21(14-6-4-5-7-15(14)23-3)17-19-13(11-25-17)10-24-16-18-8-9-20(16)2/h4-9,11H,10H2,1-3H3. The van der Waals surface area contributed by atoms with Crippen LogP contribution in [0.4, 0.5) is 10.8 Å². The molecule has 0 fully saturated rings. The third-order valence-corrected chi connectivity index (χ3v) is 5.46. The molecule has 0 spiro atoms. The van der Waals surface area contributed by atoms with E-state index in [9.17, 15) is 4.79 Å². The summed E-state index contributed by atoms with van der Waals surface area (Å²) in [5.74, 6) is 1.22. The highest BCUT2D eigenvalue weighted by Crippen LogP contribution is 2.36. The van der Waals surface area contributed by atoms with Crippen LogP contribution in [0.15, 0.2) is 47.2 Å². The fraction of sp³-hybridized carbons (Fsp3) is 0.235. The molecule has 25 heavy (non-hydrogen) atoms. The van der Waals surface area contributed by atoms with Gasteiger partial charge in [-0.05, 0) is 12.1 Å². The highest BCUT2D eigenvalue weighted by Gasteiger charge is 2.21. The number of ether oxygens (including phenoxy) is 1. The molecule has 2 aromatic heterocycles. The third kappa shape index (κ3) is 3.85. The number of thioether (sulfide) groups is 1. The van der Waals surface area contributed by atoms with Crippen LogP contribution in [-0.2, 0) is 17.6 Å². The molecule has 3 aromatic rings. The van der Waals surface area contributed by atoms with Crippen molar-refractivity contribution in [3.05, 3.63) is 47.7 Å². The highest BCUT2D eigenvalue weighted by molar-refractivity contribution is 7.98. The van der Waals surface area contributed by atoms with Gasteiger partial charge in [-0.1, -0.05) is 23.9 Å². The molecule has 0 atom stereocenters. The van der Waals surface area contributed by atoms with Gasteiger partial charge in [0, 0.05) is 37.5 Å². The second-order valence-corrected chi connectivity index (χ2v) is 7.04. The quantitative estimate of drug-likeness (QED) is 0.613. The van der Waals surface area contributed by atoms with Gasteiger partial charge < -0.3 is 9.30 Å². The number of aromatic nitrogens is 3. The summed E-state index contributed by atoms with van der Waals surface area (Å²) in [7, 11) is 3.55. The van der Waals surface area contributed by atoms with Crippen molar-refractivity contribution in [3.63, 3.8) is 0 Å². The number of anilines is 2. The predicted molar refractivity (Wildman–Crippen MR) is 101 cm³/mol. The van der Waals surface area contributed by atoms with Crippen LogP contribution in [0.5, 0.6) is 5.75 Å². The van der Waals surface area contributed by atoms with Crippen molar-refractivity contribution in [3.8, 4) is 5.75 Å². The van der Waals surface area contributed by atoms with Crippen molar-refractivity contribution in [2.45, 2.75) is 17.8 Å². The van der Waals surface area contributed by atoms with Crippen LogP contribution in [0, 0.1) is 0 Å². The Labute approximate surface area is 154 Å². The number of carbonyl (C=O) groups is 1. The SMILES string of the molecule is COc1ccccc1N(C(C)=O)c1nc(CSc2nccn2C)cs1. The van der Waals surface area contributed by atoms with E-state index in [0.717, 1.165) is 10.9 Å². The average molecular weight is 374 g/mol. The largest absolute Gasteiger partial charge is 0.495 e. The lowest BCUT2D eigenvalue weighted by atomic mass is 10.2. The predicted octanol–water partition coefficient (Wildman–Crippen LogP) is 3.86. The van der Waals surface area contributed by atoms with Gasteiger partial charge in [0.25, 0.3) is 0 Å². The molecule has 0 saturated heterocycles. The van der Waals surface area contributed by atoms with Crippen LogP contribution in [0.2, 0.25) is 0 Å². The first-order chi connectivity index (χ1) is 12.1. The van der Waals surface area contributed by atoms with Gasteiger partial charge in [0.15, 0.2) is 10.3 Å². The third-order valence-electron chi connectivity index (χ3n) is 3.50. The summed E-state index contributed by atoms with van der Waals surface area (Å²) in [4.78, 5) is 22.7. The Balaban J connectivity index is 1.83. The first kappa shape index (κ1) is 17.5. The zero-order valence-corrected chi connectivity index (χ0v) is 15.8. The zero-order chi connectivity index (χ0) is 17.8. The Morgan fingerprint density at radius 3 is 2.88 bits per heavy atom. The number of thiazole rings is 1.